The van der Waals surface area contributed by atoms with E-state index in [9.17, 15) is 4.79 Å². The van der Waals surface area contributed by atoms with E-state index < -0.39 is 0 Å². The summed E-state index contributed by atoms with van der Waals surface area (Å²) in [4.78, 5) is 12.6. The van der Waals surface area contributed by atoms with E-state index in [1.54, 1.807) is 36.2 Å². The molecule has 24 heavy (non-hydrogen) atoms. The number of hydrogen-bond donors (Lipinski definition) is 2. The maximum atomic E-state index is 12.6. The minimum absolute atomic E-state index is 0.171. The number of nitrogens with zero attached hydrogens (tertiary/aromatic N) is 2. The zero-order valence-corrected chi connectivity index (χ0v) is 14.3. The summed E-state index contributed by atoms with van der Waals surface area (Å²) in [5.41, 5.74) is 0.935. The van der Waals surface area contributed by atoms with Crippen LogP contribution in [0.25, 0.3) is 5.69 Å². The van der Waals surface area contributed by atoms with Crippen LogP contribution >= 0.6 is 11.6 Å². The van der Waals surface area contributed by atoms with Gasteiger partial charge in [0.2, 0.25) is 0 Å². The molecule has 1 unspecified atom stereocenters. The van der Waals surface area contributed by atoms with Crippen LogP contribution in [0, 0.1) is 0 Å². The van der Waals surface area contributed by atoms with Crippen LogP contribution < -0.4 is 10.6 Å². The minimum Gasteiger partial charge on any atom is -0.385 e. The van der Waals surface area contributed by atoms with Crippen molar-refractivity contribution in [3.05, 3.63) is 47.2 Å². The summed E-state index contributed by atoms with van der Waals surface area (Å²) in [5, 5.41) is 11.4. The number of amides is 1. The smallest absolute Gasteiger partial charge is 0.272 e. The molecule has 2 heterocycles. The summed E-state index contributed by atoms with van der Waals surface area (Å²) in [6, 6.07) is 9.05. The standard InChI is InChI=1S/C17H21ClN4O2/c1-24-10-7-17(6-8-19-12-17)20-16(23)15-5-9-22(21-15)14-4-2-3-13(18)11-14/h2-5,9,11,19H,6-8,10,12H2,1H3,(H,20,23). The highest BCUT2D eigenvalue weighted by Crippen LogP contribution is 2.20. The van der Waals surface area contributed by atoms with Gasteiger partial charge in [0.25, 0.3) is 5.91 Å². The molecule has 1 aromatic carbocycles. The van der Waals surface area contributed by atoms with Gasteiger partial charge in [-0.1, -0.05) is 17.7 Å². The fourth-order valence-corrected chi connectivity index (χ4v) is 3.12. The topological polar surface area (TPSA) is 68.2 Å². The number of rotatable bonds is 6. The van der Waals surface area contributed by atoms with Gasteiger partial charge in [-0.2, -0.15) is 5.10 Å². The van der Waals surface area contributed by atoms with Gasteiger partial charge in [-0.15, -0.1) is 0 Å². The zero-order chi connectivity index (χ0) is 17.0. The Morgan fingerprint density at radius 2 is 2.38 bits per heavy atom. The molecule has 0 saturated carbocycles. The summed E-state index contributed by atoms with van der Waals surface area (Å²) in [6.07, 6.45) is 3.42. The van der Waals surface area contributed by atoms with Crippen LogP contribution in [0.2, 0.25) is 5.02 Å². The van der Waals surface area contributed by atoms with Crippen LogP contribution in [-0.2, 0) is 4.74 Å². The third kappa shape index (κ3) is 3.77. The van der Waals surface area contributed by atoms with Crippen LogP contribution in [0.15, 0.2) is 36.5 Å². The molecule has 1 aliphatic rings. The largest absolute Gasteiger partial charge is 0.385 e. The normalized spacial score (nSPS) is 20.2. The molecule has 128 valence electrons. The maximum absolute atomic E-state index is 12.6. The summed E-state index contributed by atoms with van der Waals surface area (Å²) in [5.74, 6) is -0.171. The van der Waals surface area contributed by atoms with Gasteiger partial charge in [0.15, 0.2) is 5.69 Å². The fourth-order valence-electron chi connectivity index (χ4n) is 2.94. The van der Waals surface area contributed by atoms with Crippen molar-refractivity contribution in [2.24, 2.45) is 0 Å². The van der Waals surface area contributed by atoms with Gasteiger partial charge >= 0.3 is 0 Å². The van der Waals surface area contributed by atoms with Crippen molar-refractivity contribution in [2.75, 3.05) is 26.8 Å². The van der Waals surface area contributed by atoms with Crippen molar-refractivity contribution in [1.82, 2.24) is 20.4 Å². The molecule has 2 N–H and O–H groups in total. The summed E-state index contributed by atoms with van der Waals surface area (Å²) in [7, 11) is 1.67. The first-order valence-electron chi connectivity index (χ1n) is 7.96. The number of aromatic nitrogens is 2. The van der Waals surface area contributed by atoms with Gasteiger partial charge in [-0.3, -0.25) is 4.79 Å². The first kappa shape index (κ1) is 17.0. The average molecular weight is 349 g/mol. The SMILES string of the molecule is COCCC1(NC(=O)c2ccn(-c3cccc(Cl)c3)n2)CCNC1. The van der Waals surface area contributed by atoms with Crippen LogP contribution in [0.1, 0.15) is 23.3 Å². The lowest BCUT2D eigenvalue weighted by atomic mass is 9.94. The molecule has 1 amide bonds. The van der Waals surface area contributed by atoms with E-state index in [2.05, 4.69) is 15.7 Å². The molecule has 3 rings (SSSR count). The van der Waals surface area contributed by atoms with Crippen molar-refractivity contribution < 1.29 is 9.53 Å². The van der Waals surface area contributed by atoms with Crippen LogP contribution in [0.4, 0.5) is 0 Å². The van der Waals surface area contributed by atoms with E-state index in [1.165, 1.54) is 0 Å². The summed E-state index contributed by atoms with van der Waals surface area (Å²) in [6.45, 7) is 2.25. The molecular weight excluding hydrogens is 328 g/mol. The van der Waals surface area contributed by atoms with E-state index in [4.69, 9.17) is 16.3 Å². The van der Waals surface area contributed by atoms with Crippen molar-refractivity contribution >= 4 is 17.5 Å². The predicted octanol–water partition coefficient (Wildman–Crippen LogP) is 2.02. The highest BCUT2D eigenvalue weighted by molar-refractivity contribution is 6.30. The molecule has 1 aliphatic heterocycles. The molecule has 1 saturated heterocycles. The molecule has 1 fully saturated rings. The molecular formula is C17H21ClN4O2. The Morgan fingerprint density at radius 1 is 1.50 bits per heavy atom. The molecule has 1 atom stereocenters. The molecule has 6 nitrogen and oxygen atoms in total. The van der Waals surface area contributed by atoms with E-state index in [-0.39, 0.29) is 11.4 Å². The number of carbonyl (C=O) groups is 1. The third-order valence-corrected chi connectivity index (χ3v) is 4.54. The molecule has 0 spiro atoms. The number of halogens is 1. The van der Waals surface area contributed by atoms with E-state index in [0.29, 0.717) is 17.3 Å². The second-order valence-corrected chi connectivity index (χ2v) is 6.47. The number of carbonyl (C=O) groups excluding carboxylic acids is 1. The lowest BCUT2D eigenvalue weighted by molar-refractivity contribution is 0.0870. The molecule has 0 bridgehead atoms. The zero-order valence-electron chi connectivity index (χ0n) is 13.6. The lowest BCUT2D eigenvalue weighted by Crippen LogP contribution is -2.50. The number of methoxy groups -OCH3 is 1. The number of nitrogens with one attached hydrogen (secondary N) is 2. The van der Waals surface area contributed by atoms with Crippen molar-refractivity contribution in [1.29, 1.82) is 0 Å². The second-order valence-electron chi connectivity index (χ2n) is 6.03. The maximum Gasteiger partial charge on any atom is 0.272 e. The Morgan fingerprint density at radius 3 is 3.08 bits per heavy atom. The van der Waals surface area contributed by atoms with Crippen molar-refractivity contribution in [3.63, 3.8) is 0 Å². The monoisotopic (exact) mass is 348 g/mol. The van der Waals surface area contributed by atoms with E-state index >= 15 is 0 Å². The Bertz CT molecular complexity index is 710. The van der Waals surface area contributed by atoms with Gasteiger partial charge in [-0.05, 0) is 43.7 Å². The van der Waals surface area contributed by atoms with E-state index in [0.717, 1.165) is 31.6 Å². The van der Waals surface area contributed by atoms with Crippen molar-refractivity contribution in [2.45, 2.75) is 18.4 Å². The Balaban J connectivity index is 1.73. The van der Waals surface area contributed by atoms with Gasteiger partial charge in [0, 0.05) is 31.5 Å². The minimum atomic E-state index is -0.271. The Labute approximate surface area is 146 Å². The Kier molecular flexibility index (Phi) is 5.18. The lowest BCUT2D eigenvalue weighted by Gasteiger charge is -2.29. The predicted molar refractivity (Wildman–Crippen MR) is 92.8 cm³/mol. The second kappa shape index (κ2) is 7.34. The first-order chi connectivity index (χ1) is 11.6. The number of hydrogen-bond acceptors (Lipinski definition) is 4. The van der Waals surface area contributed by atoms with Crippen LogP contribution in [-0.4, -0.2) is 48.0 Å². The third-order valence-electron chi connectivity index (χ3n) is 4.30. The Hall–Kier alpha value is -1.89. The van der Waals surface area contributed by atoms with Crippen molar-refractivity contribution in [3.8, 4) is 5.69 Å². The highest BCUT2D eigenvalue weighted by atomic mass is 35.5. The first-order valence-corrected chi connectivity index (χ1v) is 8.33. The van der Waals surface area contributed by atoms with E-state index in [1.807, 2.05) is 12.1 Å². The van der Waals surface area contributed by atoms with Gasteiger partial charge in [0.1, 0.15) is 0 Å². The summed E-state index contributed by atoms with van der Waals surface area (Å²) >= 11 is 6.01. The number of ether oxygens (including phenoxy) is 1. The van der Waals surface area contributed by atoms with Gasteiger partial charge in [-0.25, -0.2) is 4.68 Å². The summed E-state index contributed by atoms with van der Waals surface area (Å²) < 4.78 is 6.83. The average Bonchev–Trinajstić information content (AvgIpc) is 3.23. The molecule has 2 aromatic rings. The van der Waals surface area contributed by atoms with Gasteiger partial charge < -0.3 is 15.4 Å². The van der Waals surface area contributed by atoms with Crippen LogP contribution in [0.5, 0.6) is 0 Å². The fraction of sp³-hybridized carbons (Fsp3) is 0.412. The molecule has 0 aliphatic carbocycles. The quantitative estimate of drug-likeness (QED) is 0.838. The van der Waals surface area contributed by atoms with Crippen LogP contribution in [0.3, 0.4) is 0 Å². The highest BCUT2D eigenvalue weighted by Gasteiger charge is 2.35. The number of benzene rings is 1. The molecule has 7 heteroatoms. The van der Waals surface area contributed by atoms with Gasteiger partial charge in [0.05, 0.1) is 11.2 Å². The molecule has 1 aromatic heterocycles. The molecule has 0 radical (unpaired) electrons.